The molecule has 14 nitrogen and oxygen atoms in total. The fourth-order valence-corrected chi connectivity index (χ4v) is 22.7. The van der Waals surface area contributed by atoms with Crippen molar-refractivity contribution in [1.29, 1.82) is 0 Å². The van der Waals surface area contributed by atoms with Gasteiger partial charge in [-0.15, -0.1) is 0 Å². The zero-order valence-corrected chi connectivity index (χ0v) is 89.0. The molecule has 0 saturated carbocycles. The maximum Gasteiger partial charge on any atom is 2.00 e. The molecule has 0 saturated heterocycles. The number of nitrogens with zero attached hydrogens (tertiary/aromatic N) is 14. The predicted molar refractivity (Wildman–Crippen MR) is 571 cm³/mol. The summed E-state index contributed by atoms with van der Waals surface area (Å²) in [5.74, 6) is 0. The van der Waals surface area contributed by atoms with Gasteiger partial charge < -0.3 is 0 Å². The third-order valence-electron chi connectivity index (χ3n) is 28.8. The molecule has 0 N–H and O–H groups in total. The normalized spacial score (nSPS) is 11.5. The van der Waals surface area contributed by atoms with Crippen molar-refractivity contribution in [3.8, 4) is 0 Å². The predicted octanol–water partition coefficient (Wildman–Crippen LogP) is 29.6. The van der Waals surface area contributed by atoms with E-state index < -0.39 is 0 Å². The average molecular weight is 1980 g/mol. The first-order chi connectivity index (χ1) is 65.5. The summed E-state index contributed by atoms with van der Waals surface area (Å²) in [5, 5.41) is 14.2. The maximum atomic E-state index is 5.15. The van der Waals surface area contributed by atoms with Gasteiger partial charge in [0.15, 0.2) is 0 Å². The first-order valence-electron chi connectivity index (χ1n) is 51.3. The van der Waals surface area contributed by atoms with Crippen LogP contribution in [0.2, 0.25) is 0 Å². The van der Waals surface area contributed by atoms with Gasteiger partial charge in [-0.1, -0.05) is 215 Å². The van der Waals surface area contributed by atoms with Crippen molar-refractivity contribution < 1.29 is 39.0 Å². The number of hydrogen-bond donors (Lipinski definition) is 0. The third kappa shape index (κ3) is 18.2. The van der Waals surface area contributed by atoms with Crippen molar-refractivity contribution in [2.24, 2.45) is 0 Å². The second kappa shape index (κ2) is 45.6. The van der Waals surface area contributed by atoms with E-state index in [-0.39, 0.29) is 39.0 Å². The van der Waals surface area contributed by atoms with Crippen LogP contribution in [0.3, 0.4) is 0 Å². The summed E-state index contributed by atoms with van der Waals surface area (Å²) < 4.78 is 0. The first kappa shape index (κ1) is 102. The summed E-state index contributed by atoms with van der Waals surface area (Å²) in [4.78, 5) is 69.8. The van der Waals surface area contributed by atoms with E-state index in [1.807, 2.05) is 48.5 Å². The summed E-state index contributed by atoms with van der Waals surface area (Å²) in [7, 11) is 0. The van der Waals surface area contributed by atoms with E-state index >= 15 is 0 Å². The molecule has 19 rings (SSSR count). The van der Waals surface area contributed by atoms with E-state index in [0.717, 1.165) is 264 Å². The fraction of sp³-hybridized carbons (Fsp3) is 0.400. The van der Waals surface area contributed by atoms with Gasteiger partial charge >= 0.3 is 39.0 Å². The Morgan fingerprint density at radius 1 is 0.125 bits per heavy atom. The Labute approximate surface area is 832 Å². The molecule has 6 aromatic carbocycles. The zero-order valence-electron chi connectivity index (χ0n) is 85.5. The van der Waals surface area contributed by atoms with E-state index in [1.165, 1.54) is 178 Å². The molecule has 0 amide bonds. The van der Waals surface area contributed by atoms with Gasteiger partial charge in [0, 0.05) is 135 Å². The molecule has 13 heterocycles. The second-order valence-electron chi connectivity index (χ2n) is 35.3. The number of aromatic nitrogens is 14. The number of rotatable bonds is 24. The molecule has 0 radical (unpaired) electrons. The Morgan fingerprint density at radius 3 is 0.353 bits per heavy atom. The fourth-order valence-electron chi connectivity index (χ4n) is 22.7. The Balaban J connectivity index is 0.000000144. The van der Waals surface area contributed by atoms with Crippen LogP contribution in [0.4, 0.5) is 0 Å². The number of fused-ring (bicyclic) bond motifs is 24. The smallest absolute Gasteiger partial charge is 0.254 e. The summed E-state index contributed by atoms with van der Waals surface area (Å²) in [6.45, 7) is 53.8. The summed E-state index contributed by atoms with van der Waals surface area (Å²) in [5.41, 5.74) is 48.8. The number of pyridine rings is 12. The molecular weight excluding hydrogens is 1840 g/mol. The van der Waals surface area contributed by atoms with Crippen LogP contribution in [-0.2, 0) is 193 Å². The summed E-state index contributed by atoms with van der Waals surface area (Å²) >= 11 is 0. The molecule has 19 aromatic rings. The van der Waals surface area contributed by atoms with Crippen molar-refractivity contribution in [3.05, 3.63) is 256 Å². The Bertz CT molecular complexity index is 6500. The van der Waals surface area contributed by atoms with Crippen LogP contribution in [-0.4, -0.2) is 69.8 Å². The quantitative estimate of drug-likeness (QED) is 0.0317. The van der Waals surface area contributed by atoms with Gasteiger partial charge in [0.1, 0.15) is 0 Å². The van der Waals surface area contributed by atoms with Crippen LogP contribution in [0.25, 0.3) is 153 Å². The number of benzene rings is 6. The Morgan fingerprint density at radius 2 is 0.243 bits per heavy atom. The van der Waals surface area contributed by atoms with Crippen molar-refractivity contribution >= 4 is 153 Å². The van der Waals surface area contributed by atoms with Crippen molar-refractivity contribution in [3.63, 3.8) is 0 Å². The van der Waals surface area contributed by atoms with E-state index in [1.54, 1.807) is 24.8 Å². The Hall–Kier alpha value is -10.9. The van der Waals surface area contributed by atoms with Gasteiger partial charge in [-0.2, -0.15) is 0 Å². The molecule has 0 aliphatic heterocycles. The molecule has 0 aliphatic rings. The summed E-state index contributed by atoms with van der Waals surface area (Å²) in [6, 6.07) is 34.2. The van der Waals surface area contributed by atoms with E-state index in [2.05, 4.69) is 235 Å². The van der Waals surface area contributed by atoms with E-state index in [4.69, 9.17) is 49.8 Å². The molecule has 0 aliphatic carbocycles. The van der Waals surface area contributed by atoms with E-state index in [0.29, 0.717) is 0 Å². The minimum atomic E-state index is 0. The average Bonchev–Trinajstić information content (AvgIpc) is 0.699. The van der Waals surface area contributed by atoms with Crippen LogP contribution in [0, 0.1) is 0 Å². The van der Waals surface area contributed by atoms with Gasteiger partial charge in [-0.05, 0) is 292 Å². The van der Waals surface area contributed by atoms with Crippen LogP contribution in [0.5, 0.6) is 0 Å². The minimum Gasteiger partial charge on any atom is -0.254 e. The molecule has 702 valence electrons. The van der Waals surface area contributed by atoms with Gasteiger partial charge in [0.25, 0.3) is 0 Å². The molecule has 0 atom stereocenters. The molecule has 136 heavy (non-hydrogen) atoms. The van der Waals surface area contributed by atoms with Gasteiger partial charge in [0.05, 0.1) is 88.3 Å². The monoisotopic (exact) mass is 1980 g/mol. The summed E-state index contributed by atoms with van der Waals surface area (Å²) in [6.07, 6.45) is 31.8. The molecule has 13 aromatic heterocycles. The zero-order chi connectivity index (χ0) is 95.0. The molecule has 16 heteroatoms. The standard InChI is InChI=1S/C24H12N6.4C24H32N2.2Ru/c1-5-13-17(25-9-1)18-14(6-2-10-26-18)22-21(13)29-23-15-7-3-11-27-19(15)20-16(24(23)30-22)8-4-12-28-20;4*1-7-15-17(9-3)21(11-5)25-23-19(15)13-14-20-16(8-2)18(10-4)22(12-6)26-24(20)23;;/h1-12H;4*13-14H,7-12H2,1-6H3;;/q;;;;;2*+2. The van der Waals surface area contributed by atoms with Crippen molar-refractivity contribution in [2.75, 3.05) is 0 Å². The SMILES string of the molecule is CCc1nc2c(ccc3c(CC)c(CC)c(CC)nc32)c(CC)c1CC.CCc1nc2c(ccc3c(CC)c(CC)c(CC)nc32)c(CC)c1CC.CCc1nc2c(ccc3c(CC)c(CC)c(CC)nc32)c(CC)c1CC.CCc1nc2c(ccc3c(CC)c(CC)c(CC)nc32)c(CC)c1CC.[Ru+2].[Ru+2].c1cnc2c(c1)c1nc3c4cccnc4c4ncccc4c3nc1c1cccnc12. The van der Waals surface area contributed by atoms with Crippen LogP contribution in [0.15, 0.2) is 122 Å². The van der Waals surface area contributed by atoms with Crippen molar-refractivity contribution in [2.45, 2.75) is 320 Å². The van der Waals surface area contributed by atoms with Crippen LogP contribution >= 0.6 is 0 Å². The molecule has 0 unspecified atom stereocenters. The maximum absolute atomic E-state index is 5.15. The number of hydrogen-bond acceptors (Lipinski definition) is 14. The van der Waals surface area contributed by atoms with Gasteiger partial charge in [-0.3, -0.25) is 59.8 Å². The van der Waals surface area contributed by atoms with Crippen molar-refractivity contribution in [1.82, 2.24) is 69.8 Å². The van der Waals surface area contributed by atoms with Crippen LogP contribution < -0.4 is 0 Å². The molecule has 0 bridgehead atoms. The number of aryl methyl sites for hydroxylation is 16. The first-order valence-corrected chi connectivity index (χ1v) is 51.3. The topological polar surface area (TPSA) is 180 Å². The second-order valence-corrected chi connectivity index (χ2v) is 35.3. The van der Waals surface area contributed by atoms with Gasteiger partial charge in [-0.25, -0.2) is 9.97 Å². The largest absolute Gasteiger partial charge is 2.00 e. The van der Waals surface area contributed by atoms with Gasteiger partial charge in [0.2, 0.25) is 0 Å². The Kier molecular flexibility index (Phi) is 34.3. The molecular formula is C120H140N14Ru2+4. The van der Waals surface area contributed by atoms with E-state index in [9.17, 15) is 0 Å². The molecule has 0 spiro atoms. The molecule has 0 fully saturated rings. The van der Waals surface area contributed by atoms with Crippen LogP contribution in [0.1, 0.15) is 301 Å². The minimum absolute atomic E-state index is 0. The third-order valence-corrected chi connectivity index (χ3v) is 28.8.